The smallest absolute Gasteiger partial charge is 0.231 e. The zero-order valence-corrected chi connectivity index (χ0v) is 16.3. The Morgan fingerprint density at radius 2 is 2.19 bits per heavy atom. The highest BCUT2D eigenvalue weighted by atomic mass is 32.2. The Balaban J connectivity index is 1.40. The van der Waals surface area contributed by atoms with Gasteiger partial charge in [0, 0.05) is 17.5 Å². The molecule has 0 saturated carbocycles. The van der Waals surface area contributed by atoms with Crippen molar-refractivity contribution in [3.63, 3.8) is 0 Å². The normalized spacial score (nSPS) is 17.2. The van der Waals surface area contributed by atoms with E-state index >= 15 is 0 Å². The minimum absolute atomic E-state index is 0.0470. The number of ether oxygens (including phenoxy) is 3. The van der Waals surface area contributed by atoms with Gasteiger partial charge in [-0.1, -0.05) is 13.0 Å². The highest BCUT2D eigenvalue weighted by molar-refractivity contribution is 8.00. The van der Waals surface area contributed by atoms with Gasteiger partial charge in [-0.05, 0) is 37.6 Å². The zero-order valence-electron chi connectivity index (χ0n) is 15.5. The van der Waals surface area contributed by atoms with E-state index in [0.717, 1.165) is 36.0 Å². The Morgan fingerprint density at radius 1 is 1.38 bits per heavy atom. The molecule has 1 saturated heterocycles. The molecule has 1 unspecified atom stereocenters. The maximum absolute atomic E-state index is 12.0. The Labute approximate surface area is 159 Å². The van der Waals surface area contributed by atoms with Gasteiger partial charge in [0.25, 0.3) is 0 Å². The summed E-state index contributed by atoms with van der Waals surface area (Å²) in [5.74, 6) is 3.79. The molecule has 26 heavy (non-hydrogen) atoms. The quantitative estimate of drug-likeness (QED) is 0.629. The van der Waals surface area contributed by atoms with Crippen molar-refractivity contribution in [3.05, 3.63) is 23.8 Å². The minimum Gasteiger partial charge on any atom is -0.454 e. The van der Waals surface area contributed by atoms with Gasteiger partial charge in [0.15, 0.2) is 11.5 Å². The highest BCUT2D eigenvalue weighted by Crippen LogP contribution is 2.32. The van der Waals surface area contributed by atoms with Crippen LogP contribution in [0.1, 0.15) is 25.8 Å². The van der Waals surface area contributed by atoms with Crippen LogP contribution in [-0.4, -0.2) is 61.1 Å². The van der Waals surface area contributed by atoms with Crippen LogP contribution in [0.25, 0.3) is 0 Å². The first-order valence-corrected chi connectivity index (χ1v) is 10.4. The number of carbonyl (C=O) groups is 1. The average molecular weight is 381 g/mol. The van der Waals surface area contributed by atoms with Crippen LogP contribution < -0.4 is 14.8 Å². The predicted molar refractivity (Wildman–Crippen MR) is 103 cm³/mol. The van der Waals surface area contributed by atoms with E-state index in [1.165, 1.54) is 5.56 Å². The summed E-state index contributed by atoms with van der Waals surface area (Å²) >= 11 is 1.88. The minimum atomic E-state index is 0.0470. The molecule has 2 heterocycles. The molecule has 0 radical (unpaired) electrons. The van der Waals surface area contributed by atoms with Gasteiger partial charge in [-0.3, -0.25) is 9.69 Å². The van der Waals surface area contributed by atoms with Crippen LogP contribution in [-0.2, 0) is 16.0 Å². The lowest BCUT2D eigenvalue weighted by molar-refractivity contribution is -0.123. The van der Waals surface area contributed by atoms with E-state index in [1.807, 2.05) is 23.9 Å². The SMILES string of the molecule is CCN(CNC(=O)CCOC1CSC1)C(C)Cc1ccc2c(c1)OCO2. The van der Waals surface area contributed by atoms with Gasteiger partial charge in [-0.2, -0.15) is 11.8 Å². The molecule has 1 atom stereocenters. The Kier molecular flexibility index (Phi) is 7.05. The molecule has 0 spiro atoms. The first kappa shape index (κ1) is 19.3. The molecule has 0 bridgehead atoms. The second-order valence-corrected chi connectivity index (χ2v) is 7.76. The third-order valence-corrected chi connectivity index (χ3v) is 5.98. The Hall–Kier alpha value is -1.44. The second-order valence-electron chi connectivity index (χ2n) is 6.68. The van der Waals surface area contributed by atoms with Gasteiger partial charge in [-0.25, -0.2) is 0 Å². The Morgan fingerprint density at radius 3 is 2.92 bits per heavy atom. The fourth-order valence-electron chi connectivity index (χ4n) is 3.02. The largest absolute Gasteiger partial charge is 0.454 e. The van der Waals surface area contributed by atoms with Crippen molar-refractivity contribution in [2.75, 3.05) is 38.1 Å². The van der Waals surface area contributed by atoms with Gasteiger partial charge in [0.05, 0.1) is 25.8 Å². The lowest BCUT2D eigenvalue weighted by Crippen LogP contribution is -2.43. The number of nitrogens with zero attached hydrogens (tertiary/aromatic N) is 1. The molecule has 2 aliphatic heterocycles. The summed E-state index contributed by atoms with van der Waals surface area (Å²) in [5, 5.41) is 3.01. The number of nitrogens with one attached hydrogen (secondary N) is 1. The molecule has 1 N–H and O–H groups in total. The molecule has 6 nitrogen and oxygen atoms in total. The van der Waals surface area contributed by atoms with Crippen molar-refractivity contribution in [3.8, 4) is 11.5 Å². The van der Waals surface area contributed by atoms with Crippen molar-refractivity contribution in [1.82, 2.24) is 10.2 Å². The predicted octanol–water partition coefficient (Wildman–Crippen LogP) is 2.26. The molecule has 1 aromatic carbocycles. The lowest BCUT2D eigenvalue weighted by Gasteiger charge is -2.28. The summed E-state index contributed by atoms with van der Waals surface area (Å²) in [5.41, 5.74) is 1.21. The van der Waals surface area contributed by atoms with Gasteiger partial charge in [-0.15, -0.1) is 0 Å². The number of hydrogen-bond acceptors (Lipinski definition) is 6. The molecular weight excluding hydrogens is 352 g/mol. The molecule has 144 valence electrons. The number of hydrogen-bond donors (Lipinski definition) is 1. The summed E-state index contributed by atoms with van der Waals surface area (Å²) in [6, 6.07) is 6.39. The number of thioether (sulfide) groups is 1. The van der Waals surface area contributed by atoms with Crippen molar-refractivity contribution in [2.45, 2.75) is 38.8 Å². The maximum atomic E-state index is 12.0. The summed E-state index contributed by atoms with van der Waals surface area (Å²) < 4.78 is 16.4. The molecule has 0 aromatic heterocycles. The van der Waals surface area contributed by atoms with Gasteiger partial charge >= 0.3 is 0 Å². The van der Waals surface area contributed by atoms with Gasteiger partial charge in [0.1, 0.15) is 0 Å². The molecule has 7 heteroatoms. The van der Waals surface area contributed by atoms with E-state index in [4.69, 9.17) is 14.2 Å². The number of likely N-dealkylation sites (N-methyl/N-ethyl adjacent to an activating group) is 1. The molecule has 1 amide bonds. The number of fused-ring (bicyclic) bond motifs is 1. The van der Waals surface area contributed by atoms with E-state index in [0.29, 0.717) is 38.6 Å². The van der Waals surface area contributed by atoms with E-state index < -0.39 is 0 Å². The van der Waals surface area contributed by atoms with Crippen molar-refractivity contribution in [2.24, 2.45) is 0 Å². The molecule has 0 aliphatic carbocycles. The third-order valence-electron chi connectivity index (χ3n) is 4.77. The van der Waals surface area contributed by atoms with E-state index in [-0.39, 0.29) is 5.91 Å². The molecule has 3 rings (SSSR count). The molecule has 1 fully saturated rings. The van der Waals surface area contributed by atoms with Crippen LogP contribution >= 0.6 is 11.8 Å². The van der Waals surface area contributed by atoms with Crippen LogP contribution in [0.4, 0.5) is 0 Å². The topological polar surface area (TPSA) is 60.0 Å². The standard InChI is InChI=1S/C19H28N2O4S/c1-3-21(12-20-19(22)6-7-23-16-10-26-11-16)14(2)8-15-4-5-17-18(9-15)25-13-24-17/h4-5,9,14,16H,3,6-8,10-13H2,1-2H3,(H,20,22). The van der Waals surface area contributed by atoms with Crippen LogP contribution in [0.2, 0.25) is 0 Å². The second kappa shape index (κ2) is 9.48. The monoisotopic (exact) mass is 380 g/mol. The number of carbonyl (C=O) groups excluding carboxylic acids is 1. The number of benzene rings is 1. The van der Waals surface area contributed by atoms with Crippen LogP contribution in [0.5, 0.6) is 11.5 Å². The first-order valence-electron chi connectivity index (χ1n) is 9.24. The highest BCUT2D eigenvalue weighted by Gasteiger charge is 2.19. The van der Waals surface area contributed by atoms with Gasteiger partial charge < -0.3 is 19.5 Å². The third kappa shape index (κ3) is 5.28. The number of rotatable bonds is 10. The first-order chi connectivity index (χ1) is 12.7. The average Bonchev–Trinajstić information content (AvgIpc) is 3.05. The van der Waals surface area contributed by atoms with Crippen LogP contribution in [0.15, 0.2) is 18.2 Å². The van der Waals surface area contributed by atoms with Gasteiger partial charge in [0.2, 0.25) is 12.7 Å². The Bertz CT molecular complexity index is 609. The van der Waals surface area contributed by atoms with E-state index in [9.17, 15) is 4.79 Å². The van der Waals surface area contributed by atoms with E-state index in [1.54, 1.807) is 0 Å². The van der Waals surface area contributed by atoms with E-state index in [2.05, 4.69) is 30.1 Å². The number of amides is 1. The lowest BCUT2D eigenvalue weighted by atomic mass is 10.1. The molecular formula is C19H28N2O4S. The summed E-state index contributed by atoms with van der Waals surface area (Å²) in [7, 11) is 0. The molecule has 1 aromatic rings. The maximum Gasteiger partial charge on any atom is 0.231 e. The van der Waals surface area contributed by atoms with Crippen LogP contribution in [0, 0.1) is 0 Å². The van der Waals surface area contributed by atoms with Crippen molar-refractivity contribution >= 4 is 17.7 Å². The van der Waals surface area contributed by atoms with Crippen LogP contribution in [0.3, 0.4) is 0 Å². The molecule has 2 aliphatic rings. The fourth-order valence-corrected chi connectivity index (χ4v) is 3.64. The summed E-state index contributed by atoms with van der Waals surface area (Å²) in [6.07, 6.45) is 1.67. The van der Waals surface area contributed by atoms with Crippen molar-refractivity contribution < 1.29 is 19.0 Å². The summed E-state index contributed by atoms with van der Waals surface area (Å²) in [6.45, 7) is 6.53. The zero-order chi connectivity index (χ0) is 18.4. The summed E-state index contributed by atoms with van der Waals surface area (Å²) in [4.78, 5) is 14.3. The fraction of sp³-hybridized carbons (Fsp3) is 0.632. The van der Waals surface area contributed by atoms with Crippen molar-refractivity contribution in [1.29, 1.82) is 0 Å².